The van der Waals surface area contributed by atoms with E-state index in [0.717, 1.165) is 63.9 Å². The molecule has 0 spiro atoms. The van der Waals surface area contributed by atoms with Crippen molar-refractivity contribution in [3.63, 3.8) is 0 Å². The first-order chi connectivity index (χ1) is 22.3. The highest BCUT2D eigenvalue weighted by molar-refractivity contribution is 6.02. The van der Waals surface area contributed by atoms with Crippen LogP contribution in [0.1, 0.15) is 30.9 Å². The predicted octanol–water partition coefficient (Wildman–Crippen LogP) is 4.73. The molecule has 6 rings (SSSR count). The van der Waals surface area contributed by atoms with Gasteiger partial charge in [0.1, 0.15) is 17.9 Å². The van der Waals surface area contributed by atoms with E-state index >= 15 is 0 Å². The number of hydroxylamine groups is 1. The molecule has 3 saturated heterocycles. The molecule has 2 aromatic carbocycles. The van der Waals surface area contributed by atoms with Gasteiger partial charge in [0.25, 0.3) is 0 Å². The number of carbonyl (C=O) groups excluding carboxylic acids is 1. The molecule has 3 aromatic rings. The summed E-state index contributed by atoms with van der Waals surface area (Å²) in [6.45, 7) is 10.0. The van der Waals surface area contributed by atoms with E-state index in [4.69, 9.17) is 9.57 Å². The van der Waals surface area contributed by atoms with Gasteiger partial charge in [-0.2, -0.15) is 0 Å². The zero-order valence-electron chi connectivity index (χ0n) is 26.2. The van der Waals surface area contributed by atoms with Crippen molar-refractivity contribution in [2.45, 2.75) is 31.3 Å². The second-order valence-corrected chi connectivity index (χ2v) is 11.8. The van der Waals surface area contributed by atoms with Crippen LogP contribution in [0, 0.1) is 11.6 Å². The van der Waals surface area contributed by atoms with Gasteiger partial charge in [0.05, 0.1) is 36.8 Å². The molecule has 1 amide bonds. The van der Waals surface area contributed by atoms with Gasteiger partial charge in [-0.25, -0.2) is 23.8 Å². The number of methoxy groups -OCH3 is 1. The van der Waals surface area contributed by atoms with Crippen LogP contribution in [-0.2, 0) is 9.63 Å². The Bertz CT molecular complexity index is 1560. The standard InChI is InChI=1S/C33H40F2N8O3/c1-4-32(44)39-25-18-26(29(45-3)19-28(25)42-11-8-22(9-12-42)41-15-13-40(2)14-16-41)38-30-20-31(37-21-36-30)43-27(10-17-46-43)23-6-5-7-24(34)33(23)35/h4-7,18-22,27H,1,8-17H2,2-3H3,(H,39,44)(H,36,37,38). The van der Waals surface area contributed by atoms with E-state index < -0.39 is 17.7 Å². The summed E-state index contributed by atoms with van der Waals surface area (Å²) < 4.78 is 34.5. The lowest BCUT2D eigenvalue weighted by Crippen LogP contribution is -2.52. The average molecular weight is 635 g/mol. The molecule has 1 unspecified atom stereocenters. The predicted molar refractivity (Wildman–Crippen MR) is 174 cm³/mol. The number of rotatable bonds is 9. The number of nitrogens with one attached hydrogen (secondary N) is 2. The summed E-state index contributed by atoms with van der Waals surface area (Å²) in [5, 5.41) is 7.72. The number of benzene rings is 2. The minimum atomic E-state index is -0.913. The number of piperidine rings is 1. The van der Waals surface area contributed by atoms with E-state index in [0.29, 0.717) is 47.8 Å². The van der Waals surface area contributed by atoms with Gasteiger partial charge in [-0.15, -0.1) is 0 Å². The molecule has 244 valence electrons. The van der Waals surface area contributed by atoms with Crippen LogP contribution in [0.5, 0.6) is 5.75 Å². The van der Waals surface area contributed by atoms with Crippen molar-refractivity contribution in [2.75, 3.05) is 80.6 Å². The van der Waals surface area contributed by atoms with Crippen molar-refractivity contribution >= 4 is 34.6 Å². The first kappa shape index (κ1) is 31.6. The molecular formula is C33H40F2N8O3. The Balaban J connectivity index is 1.23. The average Bonchev–Trinajstić information content (AvgIpc) is 3.57. The van der Waals surface area contributed by atoms with Crippen molar-refractivity contribution < 1.29 is 23.1 Å². The van der Waals surface area contributed by atoms with Crippen LogP contribution >= 0.6 is 0 Å². The number of halogens is 2. The molecule has 13 heteroatoms. The number of ether oxygens (including phenoxy) is 1. The van der Waals surface area contributed by atoms with Gasteiger partial charge >= 0.3 is 0 Å². The fourth-order valence-corrected chi connectivity index (χ4v) is 6.47. The van der Waals surface area contributed by atoms with Crippen LogP contribution in [-0.4, -0.2) is 91.7 Å². The van der Waals surface area contributed by atoms with Gasteiger partial charge in [-0.05, 0) is 38.1 Å². The lowest BCUT2D eigenvalue weighted by atomic mass is 10.0. The van der Waals surface area contributed by atoms with Gasteiger partial charge < -0.3 is 25.2 Å². The first-order valence-corrected chi connectivity index (χ1v) is 15.6. The molecule has 0 aliphatic carbocycles. The third kappa shape index (κ3) is 6.76. The van der Waals surface area contributed by atoms with Gasteiger partial charge in [0, 0.05) is 69.4 Å². The van der Waals surface area contributed by atoms with Gasteiger partial charge in [-0.1, -0.05) is 18.7 Å². The second-order valence-electron chi connectivity index (χ2n) is 11.8. The Morgan fingerprint density at radius 2 is 1.83 bits per heavy atom. The molecule has 0 saturated carbocycles. The summed E-state index contributed by atoms with van der Waals surface area (Å²) >= 11 is 0. The summed E-state index contributed by atoms with van der Waals surface area (Å²) in [5.74, 6) is -0.788. The number of hydrogen-bond acceptors (Lipinski definition) is 10. The maximum absolute atomic E-state index is 14.7. The van der Waals surface area contributed by atoms with Crippen molar-refractivity contribution in [1.29, 1.82) is 0 Å². The van der Waals surface area contributed by atoms with Gasteiger partial charge in [0.15, 0.2) is 17.5 Å². The van der Waals surface area contributed by atoms with Crippen molar-refractivity contribution in [1.82, 2.24) is 19.8 Å². The lowest BCUT2D eigenvalue weighted by molar-refractivity contribution is -0.111. The number of nitrogens with zero attached hydrogens (tertiary/aromatic N) is 6. The Labute approximate surface area is 267 Å². The number of likely N-dealkylation sites (N-methyl/N-ethyl adjacent to an activating group) is 1. The van der Waals surface area contributed by atoms with E-state index in [1.165, 1.54) is 23.5 Å². The quantitative estimate of drug-likeness (QED) is 0.322. The van der Waals surface area contributed by atoms with E-state index in [-0.39, 0.29) is 11.5 Å². The topological polar surface area (TPSA) is 98.3 Å². The zero-order chi connectivity index (χ0) is 32.2. The molecule has 3 aliphatic heterocycles. The molecule has 1 aromatic heterocycles. The van der Waals surface area contributed by atoms with Gasteiger partial charge in [0.2, 0.25) is 5.91 Å². The normalized spacial score (nSPS) is 19.7. The summed E-state index contributed by atoms with van der Waals surface area (Å²) in [5.41, 5.74) is 2.24. The number of amides is 1. The monoisotopic (exact) mass is 634 g/mol. The van der Waals surface area contributed by atoms with E-state index in [9.17, 15) is 13.6 Å². The molecule has 0 radical (unpaired) electrons. The Morgan fingerprint density at radius 3 is 2.57 bits per heavy atom. The molecule has 1 atom stereocenters. The summed E-state index contributed by atoms with van der Waals surface area (Å²) in [6, 6.07) is 9.50. The molecule has 3 fully saturated rings. The second kappa shape index (κ2) is 14.0. The maximum Gasteiger partial charge on any atom is 0.247 e. The van der Waals surface area contributed by atoms with Gasteiger partial charge in [-0.3, -0.25) is 14.5 Å². The molecule has 3 aliphatic rings. The molecular weight excluding hydrogens is 594 g/mol. The SMILES string of the molecule is C=CC(=O)Nc1cc(Nc2cc(N3OCCC3c3cccc(F)c3F)ncn2)c(OC)cc1N1CCC(N2CCN(C)CC2)CC1. The van der Waals surface area contributed by atoms with Crippen LogP contribution in [0.25, 0.3) is 0 Å². The van der Waals surface area contributed by atoms with Crippen LogP contribution in [0.4, 0.5) is 37.5 Å². The van der Waals surface area contributed by atoms with E-state index in [1.807, 2.05) is 12.1 Å². The highest BCUT2D eigenvalue weighted by atomic mass is 19.2. The van der Waals surface area contributed by atoms with Crippen molar-refractivity contribution in [3.05, 3.63) is 72.6 Å². The van der Waals surface area contributed by atoms with E-state index in [2.05, 4.69) is 48.9 Å². The van der Waals surface area contributed by atoms with E-state index in [1.54, 1.807) is 19.2 Å². The molecule has 46 heavy (non-hydrogen) atoms. The smallest absolute Gasteiger partial charge is 0.247 e. The Morgan fingerprint density at radius 1 is 1.04 bits per heavy atom. The fraction of sp³-hybridized carbons (Fsp3) is 0.424. The number of aromatic nitrogens is 2. The van der Waals surface area contributed by atoms with Crippen LogP contribution < -0.4 is 25.3 Å². The third-order valence-corrected chi connectivity index (χ3v) is 9.01. The highest BCUT2D eigenvalue weighted by Gasteiger charge is 2.32. The first-order valence-electron chi connectivity index (χ1n) is 15.6. The van der Waals surface area contributed by atoms with Crippen molar-refractivity contribution in [2.24, 2.45) is 0 Å². The number of anilines is 5. The molecule has 11 nitrogen and oxygen atoms in total. The molecule has 2 N–H and O–H groups in total. The summed E-state index contributed by atoms with van der Waals surface area (Å²) in [6.07, 6.45) is 5.13. The Kier molecular flexibility index (Phi) is 9.61. The number of carbonyl (C=O) groups is 1. The number of piperazine rings is 1. The minimum Gasteiger partial charge on any atom is -0.494 e. The fourth-order valence-electron chi connectivity index (χ4n) is 6.47. The number of hydrogen-bond donors (Lipinski definition) is 2. The lowest BCUT2D eigenvalue weighted by Gasteiger charge is -2.43. The Hall–Kier alpha value is -4.33. The molecule has 4 heterocycles. The van der Waals surface area contributed by atoms with Crippen LogP contribution in [0.15, 0.2) is 55.4 Å². The zero-order valence-corrected chi connectivity index (χ0v) is 26.2. The third-order valence-electron chi connectivity index (χ3n) is 9.01. The summed E-state index contributed by atoms with van der Waals surface area (Å²) in [7, 11) is 3.76. The van der Waals surface area contributed by atoms with Crippen molar-refractivity contribution in [3.8, 4) is 5.75 Å². The van der Waals surface area contributed by atoms with Crippen LogP contribution in [0.2, 0.25) is 0 Å². The maximum atomic E-state index is 14.7. The summed E-state index contributed by atoms with van der Waals surface area (Å²) in [4.78, 5) is 34.3. The largest absolute Gasteiger partial charge is 0.494 e. The van der Waals surface area contributed by atoms with Crippen LogP contribution in [0.3, 0.4) is 0 Å². The highest BCUT2D eigenvalue weighted by Crippen LogP contribution is 2.41. The molecule has 0 bridgehead atoms. The minimum absolute atomic E-state index is 0.193.